The second-order valence-electron chi connectivity index (χ2n) is 2.98. The van der Waals surface area contributed by atoms with E-state index in [1.54, 1.807) is 6.07 Å². The van der Waals surface area contributed by atoms with E-state index in [1.165, 1.54) is 6.20 Å². The number of halogens is 2. The first-order chi connectivity index (χ1) is 6.04. The second kappa shape index (κ2) is 4.07. The molecule has 0 radical (unpaired) electrons. The molecule has 0 bridgehead atoms. The van der Waals surface area contributed by atoms with Crippen LogP contribution in [0.1, 0.15) is 24.2 Å². The van der Waals surface area contributed by atoms with Crippen LogP contribution in [0.2, 0.25) is 10.2 Å². The third-order valence-electron chi connectivity index (χ3n) is 1.64. The zero-order chi connectivity index (χ0) is 10.0. The molecule has 0 saturated carbocycles. The average molecular weight is 218 g/mol. The lowest BCUT2D eigenvalue weighted by atomic mass is 10.0. The van der Waals surface area contributed by atoms with Crippen molar-refractivity contribution in [2.24, 2.45) is 5.92 Å². The Hall–Kier alpha value is -0.600. The summed E-state index contributed by atoms with van der Waals surface area (Å²) < 4.78 is 0. The predicted octanol–water partition coefficient (Wildman–Crippen LogP) is 3.23. The molecule has 1 rings (SSSR count). The van der Waals surface area contributed by atoms with Crippen LogP contribution in [0.4, 0.5) is 0 Å². The maximum absolute atomic E-state index is 11.5. The summed E-state index contributed by atoms with van der Waals surface area (Å²) in [6, 6.07) is 1.58. The van der Waals surface area contributed by atoms with Crippen LogP contribution in [0.25, 0.3) is 0 Å². The maximum atomic E-state index is 11.5. The summed E-state index contributed by atoms with van der Waals surface area (Å²) in [6.45, 7) is 3.62. The molecule has 2 nitrogen and oxygen atoms in total. The van der Waals surface area contributed by atoms with Gasteiger partial charge in [0.2, 0.25) is 0 Å². The van der Waals surface area contributed by atoms with Gasteiger partial charge >= 0.3 is 0 Å². The maximum Gasteiger partial charge on any atom is 0.167 e. The summed E-state index contributed by atoms with van der Waals surface area (Å²) in [5.41, 5.74) is 0.441. The van der Waals surface area contributed by atoms with E-state index in [-0.39, 0.29) is 21.9 Å². The van der Waals surface area contributed by atoms with E-state index < -0.39 is 0 Å². The van der Waals surface area contributed by atoms with Crippen LogP contribution in [0.5, 0.6) is 0 Å². The van der Waals surface area contributed by atoms with Gasteiger partial charge in [0.1, 0.15) is 5.15 Å². The smallest absolute Gasteiger partial charge is 0.167 e. The lowest BCUT2D eigenvalue weighted by Crippen LogP contribution is -2.08. The Morgan fingerprint density at radius 3 is 2.62 bits per heavy atom. The third kappa shape index (κ3) is 2.20. The summed E-state index contributed by atoms with van der Waals surface area (Å²) in [6.07, 6.45) is 1.48. The van der Waals surface area contributed by atoms with E-state index in [2.05, 4.69) is 4.98 Å². The zero-order valence-electron chi connectivity index (χ0n) is 7.34. The van der Waals surface area contributed by atoms with Gasteiger partial charge in [-0.1, -0.05) is 37.0 Å². The van der Waals surface area contributed by atoms with Crippen LogP contribution in [0.15, 0.2) is 12.3 Å². The molecule has 0 N–H and O–H groups in total. The molecule has 0 aliphatic heterocycles. The Morgan fingerprint density at radius 1 is 1.46 bits per heavy atom. The zero-order valence-corrected chi connectivity index (χ0v) is 8.86. The van der Waals surface area contributed by atoms with Gasteiger partial charge in [0.05, 0.1) is 5.02 Å². The van der Waals surface area contributed by atoms with Gasteiger partial charge < -0.3 is 0 Å². The van der Waals surface area contributed by atoms with E-state index in [4.69, 9.17) is 23.2 Å². The fourth-order valence-electron chi connectivity index (χ4n) is 0.920. The van der Waals surface area contributed by atoms with E-state index in [0.717, 1.165) is 0 Å². The molecular formula is C9H9Cl2NO. The van der Waals surface area contributed by atoms with E-state index in [9.17, 15) is 4.79 Å². The number of nitrogens with zero attached hydrogens (tertiary/aromatic N) is 1. The fourth-order valence-corrected chi connectivity index (χ4v) is 1.28. The normalized spacial score (nSPS) is 10.5. The molecule has 1 heterocycles. The lowest BCUT2D eigenvalue weighted by molar-refractivity contribution is 0.0939. The molecule has 4 heteroatoms. The van der Waals surface area contributed by atoms with Crippen LogP contribution >= 0.6 is 23.2 Å². The highest BCUT2D eigenvalue weighted by Gasteiger charge is 2.15. The Morgan fingerprint density at radius 2 is 2.08 bits per heavy atom. The SMILES string of the molecule is CC(C)C(=O)c1ccnc(Cl)c1Cl. The van der Waals surface area contributed by atoms with Gasteiger partial charge in [0, 0.05) is 17.7 Å². The minimum atomic E-state index is -0.0871. The molecule has 0 atom stereocenters. The number of rotatable bonds is 2. The predicted molar refractivity (Wildman–Crippen MR) is 53.4 cm³/mol. The number of aromatic nitrogens is 1. The molecule has 0 aliphatic carbocycles. The molecule has 1 aromatic rings. The largest absolute Gasteiger partial charge is 0.294 e. The number of hydrogen-bond donors (Lipinski definition) is 0. The molecule has 0 aliphatic rings. The number of hydrogen-bond acceptors (Lipinski definition) is 2. The summed E-state index contributed by atoms with van der Waals surface area (Å²) in [5.74, 6) is -0.106. The van der Waals surface area contributed by atoms with Gasteiger partial charge in [-0.15, -0.1) is 0 Å². The molecule has 13 heavy (non-hydrogen) atoms. The minimum Gasteiger partial charge on any atom is -0.294 e. The van der Waals surface area contributed by atoms with Crippen molar-refractivity contribution in [2.45, 2.75) is 13.8 Å². The van der Waals surface area contributed by atoms with Crippen molar-refractivity contribution in [3.8, 4) is 0 Å². The first-order valence-electron chi connectivity index (χ1n) is 3.88. The van der Waals surface area contributed by atoms with Crippen molar-refractivity contribution < 1.29 is 4.79 Å². The van der Waals surface area contributed by atoms with Gasteiger partial charge in [-0.05, 0) is 6.07 Å². The van der Waals surface area contributed by atoms with Crippen molar-refractivity contribution in [1.82, 2.24) is 4.98 Å². The Labute approximate surface area is 86.9 Å². The molecule has 0 spiro atoms. The van der Waals surface area contributed by atoms with Crippen molar-refractivity contribution >= 4 is 29.0 Å². The van der Waals surface area contributed by atoms with E-state index >= 15 is 0 Å². The van der Waals surface area contributed by atoms with Crippen molar-refractivity contribution in [2.75, 3.05) is 0 Å². The highest BCUT2D eigenvalue weighted by molar-refractivity contribution is 6.43. The molecule has 70 valence electrons. The highest BCUT2D eigenvalue weighted by Crippen LogP contribution is 2.25. The topological polar surface area (TPSA) is 30.0 Å². The van der Waals surface area contributed by atoms with Crippen LogP contribution in [-0.2, 0) is 0 Å². The summed E-state index contributed by atoms with van der Waals surface area (Å²) in [4.78, 5) is 15.3. The number of Topliss-reactive ketones (excluding diaryl/α,β-unsaturated/α-hetero) is 1. The molecule has 0 amide bonds. The van der Waals surface area contributed by atoms with Crippen molar-refractivity contribution in [1.29, 1.82) is 0 Å². The third-order valence-corrected chi connectivity index (χ3v) is 2.40. The summed E-state index contributed by atoms with van der Waals surface area (Å²) in [7, 11) is 0. The Balaban J connectivity index is 3.15. The quantitative estimate of drug-likeness (QED) is 0.563. The molecular weight excluding hydrogens is 209 g/mol. The highest BCUT2D eigenvalue weighted by atomic mass is 35.5. The standard InChI is InChI=1S/C9H9Cl2NO/c1-5(2)8(13)6-3-4-12-9(11)7(6)10/h3-5H,1-2H3. The molecule has 0 fully saturated rings. The van der Waals surface area contributed by atoms with Crippen LogP contribution < -0.4 is 0 Å². The lowest BCUT2D eigenvalue weighted by Gasteiger charge is -2.06. The van der Waals surface area contributed by atoms with Crippen LogP contribution in [0, 0.1) is 5.92 Å². The summed E-state index contributed by atoms with van der Waals surface area (Å²) in [5, 5.41) is 0.413. The number of carbonyl (C=O) groups excluding carboxylic acids is 1. The van der Waals surface area contributed by atoms with Crippen molar-refractivity contribution in [3.63, 3.8) is 0 Å². The monoisotopic (exact) mass is 217 g/mol. The van der Waals surface area contributed by atoms with Crippen molar-refractivity contribution in [3.05, 3.63) is 28.0 Å². The Bertz CT molecular complexity index is 336. The van der Waals surface area contributed by atoms with Crippen LogP contribution in [-0.4, -0.2) is 10.8 Å². The molecule has 1 aromatic heterocycles. The molecule has 0 saturated heterocycles. The van der Waals surface area contributed by atoms with Gasteiger partial charge in [0.25, 0.3) is 0 Å². The minimum absolute atomic E-state index is 0.0192. The Kier molecular flexibility index (Phi) is 3.28. The second-order valence-corrected chi connectivity index (χ2v) is 3.72. The average Bonchev–Trinajstić information content (AvgIpc) is 2.08. The molecule has 0 unspecified atom stereocenters. The van der Waals surface area contributed by atoms with Gasteiger partial charge in [0.15, 0.2) is 5.78 Å². The van der Waals surface area contributed by atoms with Gasteiger partial charge in [-0.25, -0.2) is 4.98 Å². The first kappa shape index (κ1) is 10.5. The van der Waals surface area contributed by atoms with Crippen LogP contribution in [0.3, 0.4) is 0 Å². The van der Waals surface area contributed by atoms with E-state index in [0.29, 0.717) is 5.56 Å². The summed E-state index contributed by atoms with van der Waals surface area (Å²) >= 11 is 11.5. The number of pyridine rings is 1. The van der Waals surface area contributed by atoms with E-state index in [1.807, 2.05) is 13.8 Å². The first-order valence-corrected chi connectivity index (χ1v) is 4.64. The van der Waals surface area contributed by atoms with Gasteiger partial charge in [-0.2, -0.15) is 0 Å². The molecule has 0 aromatic carbocycles. The fraction of sp³-hybridized carbons (Fsp3) is 0.333. The van der Waals surface area contributed by atoms with Gasteiger partial charge in [-0.3, -0.25) is 4.79 Å². The number of ketones is 1. The number of carbonyl (C=O) groups is 1.